The molecule has 0 radical (unpaired) electrons. The fourth-order valence-corrected chi connectivity index (χ4v) is 3.05. The summed E-state index contributed by atoms with van der Waals surface area (Å²) < 4.78 is 10.6. The Bertz CT molecular complexity index is 540. The van der Waals surface area contributed by atoms with Gasteiger partial charge < -0.3 is 25.4 Å². The van der Waals surface area contributed by atoms with Crippen molar-refractivity contribution in [2.24, 2.45) is 11.7 Å². The molecular formula is C18H31Cl2N3O3. The van der Waals surface area contributed by atoms with Crippen molar-refractivity contribution in [3.05, 3.63) is 29.8 Å². The summed E-state index contributed by atoms with van der Waals surface area (Å²) in [6.45, 7) is 1.89. The van der Waals surface area contributed by atoms with Crippen LogP contribution in [0.4, 0.5) is 0 Å². The van der Waals surface area contributed by atoms with Gasteiger partial charge in [0, 0.05) is 19.8 Å². The van der Waals surface area contributed by atoms with Crippen LogP contribution in [0.1, 0.15) is 24.4 Å². The summed E-state index contributed by atoms with van der Waals surface area (Å²) in [7, 11) is 5.64. The van der Waals surface area contributed by atoms with Crippen molar-refractivity contribution in [1.29, 1.82) is 0 Å². The Morgan fingerprint density at radius 1 is 1.35 bits per heavy atom. The average molecular weight is 408 g/mol. The molecule has 6 nitrogen and oxygen atoms in total. The highest BCUT2D eigenvalue weighted by molar-refractivity contribution is 5.85. The minimum atomic E-state index is -0.470. The SMILES string of the molecule is COc1cccc(C(CNC(=O)C(N)C2CCOCC2)N(C)C)c1.Cl.Cl. The van der Waals surface area contributed by atoms with E-state index in [2.05, 4.69) is 10.2 Å². The van der Waals surface area contributed by atoms with Crippen molar-refractivity contribution in [1.82, 2.24) is 10.2 Å². The molecule has 0 aromatic heterocycles. The summed E-state index contributed by atoms with van der Waals surface area (Å²) in [5.74, 6) is 0.926. The molecule has 2 rings (SSSR count). The van der Waals surface area contributed by atoms with E-state index in [0.717, 1.165) is 24.2 Å². The van der Waals surface area contributed by atoms with Crippen LogP contribution >= 0.6 is 24.8 Å². The zero-order valence-corrected chi connectivity index (χ0v) is 17.3. The van der Waals surface area contributed by atoms with Crippen LogP contribution in [-0.4, -0.2) is 57.8 Å². The molecule has 1 aromatic rings. The van der Waals surface area contributed by atoms with Gasteiger partial charge >= 0.3 is 0 Å². The van der Waals surface area contributed by atoms with Crippen LogP contribution in [0.25, 0.3) is 0 Å². The van der Waals surface area contributed by atoms with Crippen LogP contribution in [-0.2, 0) is 9.53 Å². The number of rotatable bonds is 7. The fourth-order valence-electron chi connectivity index (χ4n) is 3.05. The molecule has 1 aromatic carbocycles. The van der Waals surface area contributed by atoms with Gasteiger partial charge in [0.05, 0.1) is 19.2 Å². The topological polar surface area (TPSA) is 76.8 Å². The Morgan fingerprint density at radius 3 is 2.58 bits per heavy atom. The first kappa shape index (κ1) is 24.9. The molecule has 1 saturated heterocycles. The maximum Gasteiger partial charge on any atom is 0.237 e. The van der Waals surface area contributed by atoms with Crippen LogP contribution in [0.5, 0.6) is 5.75 Å². The number of hydrogen-bond donors (Lipinski definition) is 2. The number of carbonyl (C=O) groups excluding carboxylic acids is 1. The lowest BCUT2D eigenvalue weighted by molar-refractivity contribution is -0.124. The standard InChI is InChI=1S/C18H29N3O3.2ClH/c1-21(2)16(14-5-4-6-15(11-14)23-3)12-20-18(22)17(19)13-7-9-24-10-8-13;;/h4-6,11,13,16-17H,7-10,12,19H2,1-3H3,(H,20,22);2*1H. The van der Waals surface area contributed by atoms with Crippen molar-refractivity contribution in [3.8, 4) is 5.75 Å². The van der Waals surface area contributed by atoms with Gasteiger partial charge in [0.15, 0.2) is 0 Å². The maximum atomic E-state index is 12.4. The van der Waals surface area contributed by atoms with E-state index in [1.165, 1.54) is 0 Å². The monoisotopic (exact) mass is 407 g/mol. The van der Waals surface area contributed by atoms with Gasteiger partial charge in [-0.15, -0.1) is 24.8 Å². The molecule has 0 saturated carbocycles. The number of ether oxygens (including phenoxy) is 2. The number of amides is 1. The van der Waals surface area contributed by atoms with Crippen LogP contribution in [0, 0.1) is 5.92 Å². The first-order chi connectivity index (χ1) is 11.5. The second-order valence-corrected chi connectivity index (χ2v) is 6.48. The molecule has 0 aliphatic carbocycles. The summed E-state index contributed by atoms with van der Waals surface area (Å²) in [4.78, 5) is 14.5. The number of halogens is 2. The third kappa shape index (κ3) is 6.93. The van der Waals surface area contributed by atoms with Gasteiger partial charge in [-0.3, -0.25) is 4.79 Å². The molecule has 2 unspecified atom stereocenters. The van der Waals surface area contributed by atoms with Gasteiger partial charge in [0.1, 0.15) is 5.75 Å². The van der Waals surface area contributed by atoms with Crippen molar-refractivity contribution < 1.29 is 14.3 Å². The average Bonchev–Trinajstić information content (AvgIpc) is 2.61. The van der Waals surface area contributed by atoms with Crippen molar-refractivity contribution in [2.75, 3.05) is 41.0 Å². The van der Waals surface area contributed by atoms with Gasteiger partial charge in [0.2, 0.25) is 5.91 Å². The van der Waals surface area contributed by atoms with Crippen LogP contribution < -0.4 is 15.8 Å². The van der Waals surface area contributed by atoms with E-state index in [1.807, 2.05) is 38.4 Å². The second kappa shape index (κ2) is 12.4. The number of hydrogen-bond acceptors (Lipinski definition) is 5. The number of nitrogens with zero attached hydrogens (tertiary/aromatic N) is 1. The van der Waals surface area contributed by atoms with Gasteiger partial charge in [0.25, 0.3) is 0 Å². The summed E-state index contributed by atoms with van der Waals surface area (Å²) in [5.41, 5.74) is 7.23. The molecule has 1 amide bonds. The fraction of sp³-hybridized carbons (Fsp3) is 0.611. The Balaban J connectivity index is 0.00000312. The third-order valence-corrected chi connectivity index (χ3v) is 4.65. The first-order valence-corrected chi connectivity index (χ1v) is 8.44. The van der Waals surface area contributed by atoms with Gasteiger partial charge in [-0.25, -0.2) is 0 Å². The smallest absolute Gasteiger partial charge is 0.237 e. The molecule has 1 heterocycles. The highest BCUT2D eigenvalue weighted by Crippen LogP contribution is 2.22. The van der Waals surface area contributed by atoms with E-state index in [-0.39, 0.29) is 42.7 Å². The molecule has 1 fully saturated rings. The van der Waals surface area contributed by atoms with E-state index >= 15 is 0 Å². The van der Waals surface area contributed by atoms with E-state index in [0.29, 0.717) is 19.8 Å². The lowest BCUT2D eigenvalue weighted by Crippen LogP contribution is -2.48. The van der Waals surface area contributed by atoms with Crippen molar-refractivity contribution in [2.45, 2.75) is 24.9 Å². The lowest BCUT2D eigenvalue weighted by atomic mass is 9.92. The van der Waals surface area contributed by atoms with Gasteiger partial charge in [-0.2, -0.15) is 0 Å². The van der Waals surface area contributed by atoms with Gasteiger partial charge in [-0.1, -0.05) is 12.1 Å². The van der Waals surface area contributed by atoms with E-state index in [4.69, 9.17) is 15.2 Å². The van der Waals surface area contributed by atoms with Crippen LogP contribution in [0.3, 0.4) is 0 Å². The molecule has 2 atom stereocenters. The minimum Gasteiger partial charge on any atom is -0.497 e. The highest BCUT2D eigenvalue weighted by Gasteiger charge is 2.27. The molecule has 1 aliphatic rings. The zero-order valence-electron chi connectivity index (χ0n) is 15.6. The molecule has 0 spiro atoms. The molecular weight excluding hydrogens is 377 g/mol. The van der Waals surface area contributed by atoms with E-state index in [1.54, 1.807) is 7.11 Å². The Hall–Kier alpha value is -1.05. The number of nitrogens with one attached hydrogen (secondary N) is 1. The highest BCUT2D eigenvalue weighted by atomic mass is 35.5. The molecule has 8 heteroatoms. The maximum absolute atomic E-state index is 12.4. The third-order valence-electron chi connectivity index (χ3n) is 4.65. The predicted molar refractivity (Wildman–Crippen MR) is 108 cm³/mol. The summed E-state index contributed by atoms with van der Waals surface area (Å²) in [6, 6.07) is 7.50. The Morgan fingerprint density at radius 2 is 2.00 bits per heavy atom. The van der Waals surface area contributed by atoms with Crippen molar-refractivity contribution in [3.63, 3.8) is 0 Å². The molecule has 26 heavy (non-hydrogen) atoms. The number of carbonyl (C=O) groups is 1. The molecule has 0 bridgehead atoms. The van der Waals surface area contributed by atoms with Crippen LogP contribution in [0.15, 0.2) is 24.3 Å². The normalized spacial score (nSPS) is 16.8. The summed E-state index contributed by atoms with van der Waals surface area (Å²) in [6.07, 6.45) is 1.70. The molecule has 1 aliphatic heterocycles. The molecule has 3 N–H and O–H groups in total. The second-order valence-electron chi connectivity index (χ2n) is 6.48. The molecule has 150 valence electrons. The minimum absolute atomic E-state index is 0. The summed E-state index contributed by atoms with van der Waals surface area (Å²) >= 11 is 0. The number of benzene rings is 1. The lowest BCUT2D eigenvalue weighted by Gasteiger charge is -2.29. The van der Waals surface area contributed by atoms with Crippen molar-refractivity contribution >= 4 is 30.7 Å². The largest absolute Gasteiger partial charge is 0.497 e. The Kier molecular flexibility index (Phi) is 11.9. The van der Waals surface area contributed by atoms with Gasteiger partial charge in [-0.05, 0) is 50.6 Å². The number of likely N-dealkylation sites (N-methyl/N-ethyl adjacent to an activating group) is 1. The number of nitrogens with two attached hydrogens (primary N) is 1. The summed E-state index contributed by atoms with van der Waals surface area (Å²) in [5, 5.41) is 3.01. The van der Waals surface area contributed by atoms with E-state index in [9.17, 15) is 4.79 Å². The van der Waals surface area contributed by atoms with E-state index < -0.39 is 6.04 Å². The number of methoxy groups -OCH3 is 1. The Labute approximate surface area is 168 Å². The van der Waals surface area contributed by atoms with Crippen LogP contribution in [0.2, 0.25) is 0 Å². The zero-order chi connectivity index (χ0) is 17.5. The quantitative estimate of drug-likeness (QED) is 0.722. The predicted octanol–water partition coefficient (Wildman–Crippen LogP) is 2.01. The first-order valence-electron chi connectivity index (χ1n) is 8.44.